The highest BCUT2D eigenvalue weighted by Crippen LogP contribution is 2.25. The fourth-order valence-electron chi connectivity index (χ4n) is 1.98. The van der Waals surface area contributed by atoms with Crippen molar-refractivity contribution < 1.29 is 8.83 Å². The first-order valence-corrected chi connectivity index (χ1v) is 6.63. The van der Waals surface area contributed by atoms with Crippen LogP contribution in [0.1, 0.15) is 49.4 Å². The minimum atomic E-state index is 0.0129. The maximum Gasteiger partial charge on any atom is 0.128 e. The van der Waals surface area contributed by atoms with E-state index in [0.29, 0.717) is 0 Å². The number of hydrogen-bond donors (Lipinski definition) is 1. The molecule has 0 saturated heterocycles. The van der Waals surface area contributed by atoms with Gasteiger partial charge in [-0.3, -0.25) is 0 Å². The van der Waals surface area contributed by atoms with E-state index in [1.807, 2.05) is 31.2 Å². The molecule has 0 aliphatic carbocycles. The summed E-state index contributed by atoms with van der Waals surface area (Å²) < 4.78 is 11.6. The zero-order valence-corrected chi connectivity index (χ0v) is 11.3. The van der Waals surface area contributed by atoms with Gasteiger partial charge in [-0.25, -0.2) is 0 Å². The number of rotatable bonds is 6. The highest BCUT2D eigenvalue weighted by atomic mass is 16.4. The number of aryl methyl sites for hydroxylation is 2. The van der Waals surface area contributed by atoms with Crippen LogP contribution in [0.25, 0.3) is 0 Å². The Labute approximate surface area is 108 Å². The predicted octanol–water partition coefficient (Wildman–Crippen LogP) is 3.83. The van der Waals surface area contributed by atoms with Crippen LogP contribution in [0.4, 0.5) is 0 Å². The van der Waals surface area contributed by atoms with E-state index in [1.54, 1.807) is 0 Å². The molecule has 0 fully saturated rings. The van der Waals surface area contributed by atoms with Crippen LogP contribution in [0.15, 0.2) is 33.1 Å². The summed E-state index contributed by atoms with van der Waals surface area (Å²) in [4.78, 5) is 0. The average molecular weight is 247 g/mol. The van der Waals surface area contributed by atoms with E-state index in [4.69, 9.17) is 8.83 Å². The van der Waals surface area contributed by atoms with E-state index in [9.17, 15) is 0 Å². The topological polar surface area (TPSA) is 38.3 Å². The number of furan rings is 2. The Morgan fingerprint density at radius 3 is 2.33 bits per heavy atom. The van der Waals surface area contributed by atoms with Gasteiger partial charge in [0.1, 0.15) is 29.1 Å². The van der Waals surface area contributed by atoms with Crippen molar-refractivity contribution in [3.05, 3.63) is 47.3 Å². The quantitative estimate of drug-likeness (QED) is 0.843. The van der Waals surface area contributed by atoms with Gasteiger partial charge in [0.05, 0.1) is 0 Å². The van der Waals surface area contributed by atoms with E-state index in [2.05, 4.69) is 19.2 Å². The summed E-state index contributed by atoms with van der Waals surface area (Å²) in [5, 5.41) is 3.47. The molecule has 2 rings (SSSR count). The van der Waals surface area contributed by atoms with Crippen LogP contribution in [0.3, 0.4) is 0 Å². The van der Waals surface area contributed by atoms with E-state index in [-0.39, 0.29) is 6.04 Å². The third-order valence-electron chi connectivity index (χ3n) is 2.96. The smallest absolute Gasteiger partial charge is 0.128 e. The van der Waals surface area contributed by atoms with Gasteiger partial charge in [-0.1, -0.05) is 13.8 Å². The zero-order valence-electron chi connectivity index (χ0n) is 11.3. The molecule has 2 heterocycles. The summed E-state index contributed by atoms with van der Waals surface area (Å²) in [6.07, 6.45) is 2.00. The molecule has 0 spiro atoms. The van der Waals surface area contributed by atoms with E-state index >= 15 is 0 Å². The van der Waals surface area contributed by atoms with Crippen LogP contribution in [0.2, 0.25) is 0 Å². The number of nitrogens with one attached hydrogen (secondary N) is 1. The Bertz CT molecular complexity index is 484. The summed E-state index contributed by atoms with van der Waals surface area (Å²) in [6.45, 7) is 7.14. The minimum Gasteiger partial charge on any atom is -0.464 e. The number of hydrogen-bond acceptors (Lipinski definition) is 3. The first-order valence-electron chi connectivity index (χ1n) is 6.63. The summed E-state index contributed by atoms with van der Waals surface area (Å²) in [5.41, 5.74) is 0. The van der Waals surface area contributed by atoms with E-state index in [0.717, 1.165) is 42.4 Å². The third-order valence-corrected chi connectivity index (χ3v) is 2.96. The molecule has 1 unspecified atom stereocenters. The highest BCUT2D eigenvalue weighted by Gasteiger charge is 2.20. The third kappa shape index (κ3) is 2.85. The molecule has 0 aromatic carbocycles. The fraction of sp³-hybridized carbons (Fsp3) is 0.467. The Morgan fingerprint density at radius 1 is 1.06 bits per heavy atom. The molecule has 0 radical (unpaired) electrons. The Morgan fingerprint density at radius 2 is 1.78 bits per heavy atom. The van der Waals surface area contributed by atoms with Gasteiger partial charge in [-0.15, -0.1) is 0 Å². The second kappa shape index (κ2) is 5.91. The Balaban J connectivity index is 2.24. The van der Waals surface area contributed by atoms with Crippen LogP contribution in [0, 0.1) is 6.92 Å². The van der Waals surface area contributed by atoms with Crippen molar-refractivity contribution in [3.8, 4) is 0 Å². The van der Waals surface area contributed by atoms with Gasteiger partial charge in [0.25, 0.3) is 0 Å². The lowest BCUT2D eigenvalue weighted by Gasteiger charge is -2.13. The summed E-state index contributed by atoms with van der Waals surface area (Å²) in [5.74, 6) is 3.78. The predicted molar refractivity (Wildman–Crippen MR) is 71.7 cm³/mol. The SMILES string of the molecule is CCCNC(c1ccc(C)o1)c1ccc(CC)o1. The highest BCUT2D eigenvalue weighted by molar-refractivity contribution is 5.21. The zero-order chi connectivity index (χ0) is 13.0. The van der Waals surface area contributed by atoms with Crippen LogP contribution in [0.5, 0.6) is 0 Å². The van der Waals surface area contributed by atoms with Gasteiger partial charge in [0.15, 0.2) is 0 Å². The lowest BCUT2D eigenvalue weighted by atomic mass is 10.1. The molecule has 0 aliphatic rings. The second-order valence-corrected chi connectivity index (χ2v) is 4.49. The van der Waals surface area contributed by atoms with Crippen LogP contribution in [-0.4, -0.2) is 6.54 Å². The van der Waals surface area contributed by atoms with Crippen molar-refractivity contribution >= 4 is 0 Å². The van der Waals surface area contributed by atoms with Gasteiger partial charge >= 0.3 is 0 Å². The molecule has 18 heavy (non-hydrogen) atoms. The summed E-state index contributed by atoms with van der Waals surface area (Å²) in [7, 11) is 0. The van der Waals surface area contributed by atoms with Gasteiger partial charge in [0, 0.05) is 6.42 Å². The normalized spacial score (nSPS) is 12.8. The second-order valence-electron chi connectivity index (χ2n) is 4.49. The first-order chi connectivity index (χ1) is 8.74. The van der Waals surface area contributed by atoms with Crippen molar-refractivity contribution in [2.45, 2.75) is 39.7 Å². The van der Waals surface area contributed by atoms with Crippen molar-refractivity contribution in [2.75, 3.05) is 6.54 Å². The molecule has 3 nitrogen and oxygen atoms in total. The molecule has 2 aromatic rings. The molecule has 3 heteroatoms. The maximum atomic E-state index is 5.83. The largest absolute Gasteiger partial charge is 0.464 e. The Hall–Kier alpha value is -1.48. The first kappa shape index (κ1) is 13.0. The minimum absolute atomic E-state index is 0.0129. The van der Waals surface area contributed by atoms with Crippen molar-refractivity contribution in [1.29, 1.82) is 0 Å². The molecular formula is C15H21NO2. The standard InChI is InChI=1S/C15H21NO2/c1-4-10-16-15(13-8-6-11(3)17-13)14-9-7-12(5-2)18-14/h6-9,15-16H,4-5,10H2,1-3H3. The van der Waals surface area contributed by atoms with Gasteiger partial charge in [-0.05, 0) is 44.2 Å². The van der Waals surface area contributed by atoms with Gasteiger partial charge < -0.3 is 14.2 Å². The molecule has 98 valence electrons. The lowest BCUT2D eigenvalue weighted by molar-refractivity contribution is 0.371. The van der Waals surface area contributed by atoms with Gasteiger partial charge in [0.2, 0.25) is 0 Å². The molecule has 1 atom stereocenters. The van der Waals surface area contributed by atoms with Crippen molar-refractivity contribution in [2.24, 2.45) is 0 Å². The lowest BCUT2D eigenvalue weighted by Crippen LogP contribution is -2.22. The van der Waals surface area contributed by atoms with E-state index in [1.165, 1.54) is 0 Å². The average Bonchev–Trinajstić information content (AvgIpc) is 2.99. The van der Waals surface area contributed by atoms with E-state index < -0.39 is 0 Å². The van der Waals surface area contributed by atoms with Crippen LogP contribution in [-0.2, 0) is 6.42 Å². The molecule has 0 saturated carbocycles. The fourth-order valence-corrected chi connectivity index (χ4v) is 1.98. The maximum absolute atomic E-state index is 5.83. The van der Waals surface area contributed by atoms with Crippen molar-refractivity contribution in [3.63, 3.8) is 0 Å². The molecule has 0 bridgehead atoms. The van der Waals surface area contributed by atoms with Crippen LogP contribution < -0.4 is 5.32 Å². The molecule has 0 aliphatic heterocycles. The molecule has 1 N–H and O–H groups in total. The molecular weight excluding hydrogens is 226 g/mol. The molecule has 0 amide bonds. The van der Waals surface area contributed by atoms with Crippen LogP contribution >= 0.6 is 0 Å². The Kier molecular flexibility index (Phi) is 4.26. The monoisotopic (exact) mass is 247 g/mol. The summed E-state index contributed by atoms with van der Waals surface area (Å²) >= 11 is 0. The van der Waals surface area contributed by atoms with Crippen molar-refractivity contribution in [1.82, 2.24) is 5.32 Å². The molecule has 2 aromatic heterocycles. The summed E-state index contributed by atoms with van der Waals surface area (Å²) in [6, 6.07) is 8.07. The van der Waals surface area contributed by atoms with Gasteiger partial charge in [-0.2, -0.15) is 0 Å².